The van der Waals surface area contributed by atoms with Crippen molar-refractivity contribution in [2.75, 3.05) is 23.8 Å². The van der Waals surface area contributed by atoms with Gasteiger partial charge in [-0.25, -0.2) is 14.4 Å². The smallest absolute Gasteiger partial charge is 0.224 e. The van der Waals surface area contributed by atoms with Crippen molar-refractivity contribution in [2.45, 2.75) is 13.8 Å². The summed E-state index contributed by atoms with van der Waals surface area (Å²) in [6.07, 6.45) is 2.22. The quantitative estimate of drug-likeness (QED) is 0.409. The first-order valence-corrected chi connectivity index (χ1v) is 8.93. The Kier molecular flexibility index (Phi) is 6.36. The Morgan fingerprint density at radius 3 is 2.52 bits per heavy atom. The summed E-state index contributed by atoms with van der Waals surface area (Å²) in [5, 5.41) is 15.1. The average molecular weight is 394 g/mol. The molecular weight excluding hydrogens is 371 g/mol. The van der Waals surface area contributed by atoms with Gasteiger partial charge in [-0.3, -0.25) is 4.57 Å². The molecule has 0 aliphatic carbocycles. The minimum absolute atomic E-state index is 0. The molecule has 0 aliphatic heterocycles. The second-order valence-corrected chi connectivity index (χ2v) is 6.12. The summed E-state index contributed by atoms with van der Waals surface area (Å²) in [6, 6.07) is 16.0. The predicted molar refractivity (Wildman–Crippen MR) is 113 cm³/mol. The van der Waals surface area contributed by atoms with Gasteiger partial charge in [-0.2, -0.15) is 4.98 Å². The third kappa shape index (κ3) is 4.33. The lowest BCUT2D eigenvalue weighted by atomic mass is 10.3. The molecule has 3 N–H and O–H groups in total. The first kappa shape index (κ1) is 20.2. The fraction of sp³-hybridized carbons (Fsp3) is 0.190. The van der Waals surface area contributed by atoms with Gasteiger partial charge in [-0.05, 0) is 30.7 Å². The lowest BCUT2D eigenvalue weighted by Crippen LogP contribution is -2.08. The molecule has 0 saturated heterocycles. The standard InChI is InChI=1S/C20H19FN6O.CH4/c21-15-9-4-5-10-16(15)24-20-25-17-13-23-19(22-11-6-12-28)26-18(17)27(20)14-7-2-1-3-8-14;/h1-5,7-10,13,28H,6,11-12H2,(H,24,25)(H,22,23,26);1H4. The number of hydrogen-bond donors (Lipinski definition) is 3. The lowest BCUT2D eigenvalue weighted by molar-refractivity contribution is 0.292. The summed E-state index contributed by atoms with van der Waals surface area (Å²) >= 11 is 0. The summed E-state index contributed by atoms with van der Waals surface area (Å²) in [5.41, 5.74) is 2.33. The largest absolute Gasteiger partial charge is 0.396 e. The van der Waals surface area contributed by atoms with E-state index in [1.165, 1.54) is 6.07 Å². The number of rotatable bonds is 7. The van der Waals surface area contributed by atoms with Crippen molar-refractivity contribution in [1.82, 2.24) is 19.5 Å². The number of nitrogens with zero attached hydrogens (tertiary/aromatic N) is 4. The maximum atomic E-state index is 14.1. The van der Waals surface area contributed by atoms with Gasteiger partial charge in [0.2, 0.25) is 11.9 Å². The molecule has 2 heterocycles. The number of hydrogen-bond acceptors (Lipinski definition) is 6. The van der Waals surface area contributed by atoms with Crippen LogP contribution in [0, 0.1) is 5.82 Å². The van der Waals surface area contributed by atoms with E-state index in [-0.39, 0.29) is 19.9 Å². The lowest BCUT2D eigenvalue weighted by Gasteiger charge is -2.11. The monoisotopic (exact) mass is 394 g/mol. The number of nitrogens with one attached hydrogen (secondary N) is 2. The van der Waals surface area contributed by atoms with Gasteiger partial charge in [0, 0.05) is 13.2 Å². The molecule has 2 aromatic heterocycles. The molecule has 4 rings (SSSR count). The highest BCUT2D eigenvalue weighted by atomic mass is 19.1. The van der Waals surface area contributed by atoms with Crippen molar-refractivity contribution in [1.29, 1.82) is 0 Å². The predicted octanol–water partition coefficient (Wildman–Crippen LogP) is 4.13. The Balaban J connectivity index is 0.00000240. The van der Waals surface area contributed by atoms with E-state index < -0.39 is 0 Å². The third-order valence-electron chi connectivity index (χ3n) is 4.15. The molecule has 0 radical (unpaired) electrons. The Hall–Kier alpha value is -3.52. The van der Waals surface area contributed by atoms with Crippen molar-refractivity contribution in [3.05, 3.63) is 66.6 Å². The van der Waals surface area contributed by atoms with Crippen molar-refractivity contribution in [2.24, 2.45) is 0 Å². The van der Waals surface area contributed by atoms with Crippen LogP contribution in [0.1, 0.15) is 13.8 Å². The third-order valence-corrected chi connectivity index (χ3v) is 4.15. The maximum Gasteiger partial charge on any atom is 0.224 e. The number of aliphatic hydroxyl groups is 1. The normalized spacial score (nSPS) is 10.6. The number of para-hydroxylation sites is 2. The highest BCUT2D eigenvalue weighted by Crippen LogP contribution is 2.27. The fourth-order valence-electron chi connectivity index (χ4n) is 2.83. The van der Waals surface area contributed by atoms with Crippen molar-refractivity contribution < 1.29 is 9.50 Å². The van der Waals surface area contributed by atoms with E-state index in [1.807, 2.05) is 34.9 Å². The number of anilines is 3. The SMILES string of the molecule is C.OCCCNc1ncc2nc(Nc3ccccc3F)n(-c3ccccc3)c2n1. The minimum Gasteiger partial charge on any atom is -0.396 e. The van der Waals surface area contributed by atoms with Crippen LogP contribution in [-0.2, 0) is 0 Å². The maximum absolute atomic E-state index is 14.1. The molecule has 0 amide bonds. The highest BCUT2D eigenvalue weighted by molar-refractivity contribution is 5.79. The minimum atomic E-state index is -0.369. The Labute approximate surface area is 168 Å². The van der Waals surface area contributed by atoms with E-state index in [9.17, 15) is 4.39 Å². The van der Waals surface area contributed by atoms with Crippen LogP contribution in [0.5, 0.6) is 0 Å². The van der Waals surface area contributed by atoms with Crippen LogP contribution < -0.4 is 10.6 Å². The number of aliphatic hydroxyl groups excluding tert-OH is 1. The summed E-state index contributed by atoms with van der Waals surface area (Å²) in [5.74, 6) is 0.509. The Morgan fingerprint density at radius 2 is 1.76 bits per heavy atom. The molecule has 8 heteroatoms. The topological polar surface area (TPSA) is 87.9 Å². The molecule has 0 saturated carbocycles. The van der Waals surface area contributed by atoms with Crippen LogP contribution in [0.4, 0.5) is 22.0 Å². The summed E-state index contributed by atoms with van der Waals surface area (Å²) in [6.45, 7) is 0.649. The number of imidazole rings is 1. The van der Waals surface area contributed by atoms with Crippen molar-refractivity contribution >= 4 is 28.7 Å². The van der Waals surface area contributed by atoms with Crippen LogP contribution >= 0.6 is 0 Å². The zero-order valence-electron chi connectivity index (χ0n) is 15.0. The molecule has 0 spiro atoms. The molecule has 0 aliphatic rings. The van der Waals surface area contributed by atoms with Crippen LogP contribution in [0.3, 0.4) is 0 Å². The van der Waals surface area contributed by atoms with E-state index >= 15 is 0 Å². The van der Waals surface area contributed by atoms with Gasteiger partial charge in [-0.15, -0.1) is 0 Å². The van der Waals surface area contributed by atoms with E-state index in [4.69, 9.17) is 5.11 Å². The zero-order chi connectivity index (χ0) is 19.3. The van der Waals surface area contributed by atoms with Gasteiger partial charge in [0.1, 0.15) is 11.3 Å². The van der Waals surface area contributed by atoms with E-state index in [1.54, 1.807) is 24.4 Å². The number of fused-ring (bicyclic) bond motifs is 1. The number of aromatic nitrogens is 4. The molecule has 0 bridgehead atoms. The van der Waals surface area contributed by atoms with Gasteiger partial charge in [0.25, 0.3) is 0 Å². The van der Waals surface area contributed by atoms with Crippen LogP contribution in [0.15, 0.2) is 60.8 Å². The molecule has 150 valence electrons. The second kappa shape index (κ2) is 9.11. The van der Waals surface area contributed by atoms with Gasteiger partial charge in [0.15, 0.2) is 5.65 Å². The number of benzene rings is 2. The molecule has 0 atom stereocenters. The highest BCUT2D eigenvalue weighted by Gasteiger charge is 2.16. The molecule has 29 heavy (non-hydrogen) atoms. The fourth-order valence-corrected chi connectivity index (χ4v) is 2.83. The molecule has 7 nitrogen and oxygen atoms in total. The van der Waals surface area contributed by atoms with Crippen LogP contribution in [0.25, 0.3) is 16.9 Å². The van der Waals surface area contributed by atoms with Gasteiger partial charge in [0.05, 0.1) is 17.6 Å². The van der Waals surface area contributed by atoms with Crippen molar-refractivity contribution in [3.63, 3.8) is 0 Å². The summed E-state index contributed by atoms with van der Waals surface area (Å²) < 4.78 is 16.0. The summed E-state index contributed by atoms with van der Waals surface area (Å²) in [4.78, 5) is 13.4. The molecule has 4 aromatic rings. The zero-order valence-corrected chi connectivity index (χ0v) is 15.0. The van der Waals surface area contributed by atoms with E-state index in [2.05, 4.69) is 25.6 Å². The molecule has 2 aromatic carbocycles. The van der Waals surface area contributed by atoms with E-state index in [0.717, 1.165) is 5.69 Å². The van der Waals surface area contributed by atoms with Crippen LogP contribution in [0.2, 0.25) is 0 Å². The van der Waals surface area contributed by atoms with Gasteiger partial charge in [-0.1, -0.05) is 37.8 Å². The number of halogens is 1. The van der Waals surface area contributed by atoms with Crippen molar-refractivity contribution in [3.8, 4) is 5.69 Å². The van der Waals surface area contributed by atoms with Gasteiger partial charge >= 0.3 is 0 Å². The van der Waals surface area contributed by atoms with Crippen LogP contribution in [-0.4, -0.2) is 37.8 Å². The Morgan fingerprint density at radius 1 is 1.00 bits per heavy atom. The van der Waals surface area contributed by atoms with Gasteiger partial charge < -0.3 is 15.7 Å². The Bertz CT molecular complexity index is 1080. The molecule has 0 unspecified atom stereocenters. The average Bonchev–Trinajstić information content (AvgIpc) is 3.08. The summed E-state index contributed by atoms with van der Waals surface area (Å²) in [7, 11) is 0. The molecular formula is C21H23FN6O. The molecule has 0 fully saturated rings. The van der Waals surface area contributed by atoms with E-state index in [0.29, 0.717) is 41.7 Å². The second-order valence-electron chi connectivity index (χ2n) is 6.12. The first-order chi connectivity index (χ1) is 13.8. The first-order valence-electron chi connectivity index (χ1n) is 8.93.